The maximum atomic E-state index is 13.0. The number of ether oxygens (including phenoxy) is 4. The van der Waals surface area contributed by atoms with Crippen LogP contribution in [-0.4, -0.2) is 45.3 Å². The zero-order chi connectivity index (χ0) is 19.4. The molecule has 2 aromatic carbocycles. The predicted molar refractivity (Wildman–Crippen MR) is 97.2 cm³/mol. The van der Waals surface area contributed by atoms with Gasteiger partial charge in [0.15, 0.2) is 28.8 Å². The Hall–Kier alpha value is -2.74. The van der Waals surface area contributed by atoms with Crippen LogP contribution in [0.15, 0.2) is 28.7 Å². The largest absolute Gasteiger partial charge is 0.493 e. The molecule has 0 heterocycles. The van der Waals surface area contributed by atoms with Crippen LogP contribution in [-0.2, 0) is 0 Å². The number of carboxylic acid groups (broad SMARTS) is 1. The number of carboxylic acids is 1. The van der Waals surface area contributed by atoms with E-state index in [1.165, 1.54) is 52.7 Å². The number of aromatic carboxylic acids is 1. The van der Waals surface area contributed by atoms with Gasteiger partial charge in [-0.05, 0) is 40.2 Å². The summed E-state index contributed by atoms with van der Waals surface area (Å²) in [7, 11) is 5.70. The van der Waals surface area contributed by atoms with Crippen LogP contribution >= 0.6 is 15.9 Å². The lowest BCUT2D eigenvalue weighted by Crippen LogP contribution is -2.11. The van der Waals surface area contributed by atoms with Crippen molar-refractivity contribution in [3.63, 3.8) is 0 Å². The van der Waals surface area contributed by atoms with E-state index >= 15 is 0 Å². The van der Waals surface area contributed by atoms with E-state index < -0.39 is 11.8 Å². The van der Waals surface area contributed by atoms with Crippen LogP contribution in [0.1, 0.15) is 26.3 Å². The molecule has 0 saturated carbocycles. The zero-order valence-electron chi connectivity index (χ0n) is 14.6. The summed E-state index contributed by atoms with van der Waals surface area (Å²) in [5.74, 6) is -0.536. The van der Waals surface area contributed by atoms with E-state index in [1.807, 2.05) is 0 Å². The average Bonchev–Trinajstić information content (AvgIpc) is 2.65. The minimum absolute atomic E-state index is 0.0331. The molecule has 2 aromatic rings. The molecule has 8 heteroatoms. The molecule has 0 aromatic heterocycles. The lowest BCUT2D eigenvalue weighted by Gasteiger charge is -2.14. The number of rotatable bonds is 7. The van der Waals surface area contributed by atoms with Gasteiger partial charge in [-0.15, -0.1) is 0 Å². The molecule has 0 aliphatic heterocycles. The molecule has 0 unspecified atom stereocenters. The van der Waals surface area contributed by atoms with E-state index in [-0.39, 0.29) is 28.2 Å². The highest BCUT2D eigenvalue weighted by Crippen LogP contribution is 2.38. The highest BCUT2D eigenvalue weighted by atomic mass is 79.9. The number of hydrogen-bond donors (Lipinski definition) is 1. The van der Waals surface area contributed by atoms with Gasteiger partial charge in [0.25, 0.3) is 0 Å². The van der Waals surface area contributed by atoms with Crippen LogP contribution in [0, 0.1) is 0 Å². The van der Waals surface area contributed by atoms with Crippen molar-refractivity contribution < 1.29 is 33.6 Å². The SMILES string of the molecule is COc1cc(C(=O)O)c(C(=O)c2cc(Br)c(OC)c(OC)c2)cc1OC. The van der Waals surface area contributed by atoms with Gasteiger partial charge in [-0.3, -0.25) is 4.79 Å². The van der Waals surface area contributed by atoms with Crippen LogP contribution in [0.4, 0.5) is 0 Å². The van der Waals surface area contributed by atoms with Crippen molar-refractivity contribution in [2.45, 2.75) is 0 Å². The van der Waals surface area contributed by atoms with Gasteiger partial charge in [-0.2, -0.15) is 0 Å². The fourth-order valence-corrected chi connectivity index (χ4v) is 3.05. The Morgan fingerprint density at radius 2 is 1.35 bits per heavy atom. The van der Waals surface area contributed by atoms with Gasteiger partial charge >= 0.3 is 5.97 Å². The fourth-order valence-electron chi connectivity index (χ4n) is 2.45. The molecule has 2 rings (SSSR count). The van der Waals surface area contributed by atoms with Crippen molar-refractivity contribution in [1.29, 1.82) is 0 Å². The molecule has 1 N–H and O–H groups in total. The second-order valence-electron chi connectivity index (χ2n) is 5.08. The molecule has 0 atom stereocenters. The molecular formula is C18H17BrO7. The van der Waals surface area contributed by atoms with E-state index in [4.69, 9.17) is 18.9 Å². The third-order valence-electron chi connectivity index (χ3n) is 3.69. The molecule has 138 valence electrons. The maximum absolute atomic E-state index is 13.0. The summed E-state index contributed by atoms with van der Waals surface area (Å²) in [4.78, 5) is 24.6. The smallest absolute Gasteiger partial charge is 0.336 e. The topological polar surface area (TPSA) is 91.3 Å². The monoisotopic (exact) mass is 424 g/mol. The Morgan fingerprint density at radius 1 is 0.808 bits per heavy atom. The molecule has 0 spiro atoms. The first kappa shape index (κ1) is 19.6. The third kappa shape index (κ3) is 3.60. The maximum Gasteiger partial charge on any atom is 0.336 e. The van der Waals surface area contributed by atoms with Crippen LogP contribution in [0.5, 0.6) is 23.0 Å². The fraction of sp³-hybridized carbons (Fsp3) is 0.222. The molecular weight excluding hydrogens is 408 g/mol. The lowest BCUT2D eigenvalue weighted by atomic mass is 9.97. The second kappa shape index (κ2) is 8.09. The Kier molecular flexibility index (Phi) is 6.10. The van der Waals surface area contributed by atoms with E-state index in [0.717, 1.165) is 0 Å². The predicted octanol–water partition coefficient (Wildman–Crippen LogP) is 3.41. The number of methoxy groups -OCH3 is 4. The van der Waals surface area contributed by atoms with Crippen LogP contribution in [0.25, 0.3) is 0 Å². The molecule has 0 amide bonds. The minimum Gasteiger partial charge on any atom is -0.493 e. The average molecular weight is 425 g/mol. The van der Waals surface area contributed by atoms with Gasteiger partial charge < -0.3 is 24.1 Å². The Morgan fingerprint density at radius 3 is 1.81 bits per heavy atom. The summed E-state index contributed by atoms with van der Waals surface area (Å²) < 4.78 is 21.2. The summed E-state index contributed by atoms with van der Waals surface area (Å²) in [6.45, 7) is 0. The molecule has 0 aliphatic carbocycles. The molecule has 0 radical (unpaired) electrons. The van der Waals surface area contributed by atoms with Crippen molar-refractivity contribution in [3.05, 3.63) is 45.4 Å². The normalized spacial score (nSPS) is 10.2. The first-order chi connectivity index (χ1) is 12.4. The molecule has 7 nitrogen and oxygen atoms in total. The number of ketones is 1. The first-order valence-corrected chi connectivity index (χ1v) is 8.12. The first-order valence-electron chi connectivity index (χ1n) is 7.33. The van der Waals surface area contributed by atoms with Gasteiger partial charge in [0, 0.05) is 11.1 Å². The van der Waals surface area contributed by atoms with Crippen molar-refractivity contribution in [3.8, 4) is 23.0 Å². The molecule has 0 aliphatic rings. The molecule has 26 heavy (non-hydrogen) atoms. The van der Waals surface area contributed by atoms with Crippen LogP contribution in [0.3, 0.4) is 0 Å². The van der Waals surface area contributed by atoms with Crippen molar-refractivity contribution >= 4 is 27.7 Å². The number of hydrogen-bond acceptors (Lipinski definition) is 6. The van der Waals surface area contributed by atoms with Crippen molar-refractivity contribution in [1.82, 2.24) is 0 Å². The van der Waals surface area contributed by atoms with E-state index in [2.05, 4.69) is 15.9 Å². The lowest BCUT2D eigenvalue weighted by molar-refractivity contribution is 0.0692. The van der Waals surface area contributed by atoms with E-state index in [0.29, 0.717) is 16.0 Å². The van der Waals surface area contributed by atoms with Gasteiger partial charge in [0.1, 0.15) is 0 Å². The Labute approximate surface area is 158 Å². The van der Waals surface area contributed by atoms with Crippen molar-refractivity contribution in [2.75, 3.05) is 28.4 Å². The number of carbonyl (C=O) groups is 2. The zero-order valence-corrected chi connectivity index (χ0v) is 16.2. The number of benzene rings is 2. The van der Waals surface area contributed by atoms with E-state index in [1.54, 1.807) is 0 Å². The highest BCUT2D eigenvalue weighted by Gasteiger charge is 2.24. The quantitative estimate of drug-likeness (QED) is 0.680. The Balaban J connectivity index is 2.66. The van der Waals surface area contributed by atoms with Gasteiger partial charge in [-0.25, -0.2) is 4.79 Å². The minimum atomic E-state index is -1.26. The summed E-state index contributed by atoms with van der Waals surface area (Å²) in [5.41, 5.74) is -0.00271. The summed E-state index contributed by atoms with van der Waals surface area (Å²) in [5, 5.41) is 9.48. The van der Waals surface area contributed by atoms with E-state index in [9.17, 15) is 14.7 Å². The number of carbonyl (C=O) groups excluding carboxylic acids is 1. The summed E-state index contributed by atoms with van der Waals surface area (Å²) >= 11 is 3.32. The Bertz CT molecular complexity index is 861. The van der Waals surface area contributed by atoms with Crippen LogP contribution in [0.2, 0.25) is 0 Å². The molecule has 0 bridgehead atoms. The summed E-state index contributed by atoms with van der Waals surface area (Å²) in [6, 6.07) is 5.61. The second-order valence-corrected chi connectivity index (χ2v) is 5.93. The van der Waals surface area contributed by atoms with Crippen LogP contribution < -0.4 is 18.9 Å². The number of halogens is 1. The third-order valence-corrected chi connectivity index (χ3v) is 4.28. The van der Waals surface area contributed by atoms with Gasteiger partial charge in [0.05, 0.1) is 38.5 Å². The van der Waals surface area contributed by atoms with Crippen molar-refractivity contribution in [2.24, 2.45) is 0 Å². The molecule has 0 fully saturated rings. The summed E-state index contributed by atoms with van der Waals surface area (Å²) in [6.07, 6.45) is 0. The highest BCUT2D eigenvalue weighted by molar-refractivity contribution is 9.10. The van der Waals surface area contributed by atoms with Gasteiger partial charge in [0.2, 0.25) is 0 Å². The standard InChI is InChI=1S/C18H17BrO7/c1-23-13-7-10(11(18(21)22)8-14(13)24-2)16(20)9-5-12(19)17(26-4)15(6-9)25-3/h5-8H,1-4H3,(H,21,22). The van der Waals surface area contributed by atoms with Gasteiger partial charge in [-0.1, -0.05) is 0 Å². The molecule has 0 saturated heterocycles.